The number of carbonyl (C=O) groups excluding carboxylic acids is 2. The third-order valence-corrected chi connectivity index (χ3v) is 4.55. The van der Waals surface area contributed by atoms with Gasteiger partial charge in [-0.3, -0.25) is 9.59 Å². The number of hydrogen-bond donors (Lipinski definition) is 3. The second-order valence-electron chi connectivity index (χ2n) is 4.46. The third kappa shape index (κ3) is 2.66. The lowest BCUT2D eigenvalue weighted by molar-refractivity contribution is -0.119. The minimum atomic E-state index is -3.78. The molecule has 0 fully saturated rings. The molecular formula is C12H15N3O4S. The van der Waals surface area contributed by atoms with Gasteiger partial charge in [-0.2, -0.15) is 0 Å². The Morgan fingerprint density at radius 2 is 2.10 bits per heavy atom. The second-order valence-corrected chi connectivity index (χ2v) is 6.22. The summed E-state index contributed by atoms with van der Waals surface area (Å²) in [5.74, 6) is -0.980. The maximum atomic E-state index is 12.0. The highest BCUT2D eigenvalue weighted by molar-refractivity contribution is 7.89. The van der Waals surface area contributed by atoms with E-state index >= 15 is 0 Å². The molecule has 1 aromatic rings. The van der Waals surface area contributed by atoms with Crippen molar-refractivity contribution in [2.45, 2.75) is 17.7 Å². The maximum Gasteiger partial charge on any atom is 0.241 e. The molecule has 0 saturated heterocycles. The van der Waals surface area contributed by atoms with Gasteiger partial charge >= 0.3 is 0 Å². The Labute approximate surface area is 116 Å². The van der Waals surface area contributed by atoms with E-state index in [1.165, 1.54) is 19.2 Å². The van der Waals surface area contributed by atoms with Crippen molar-refractivity contribution in [1.29, 1.82) is 0 Å². The van der Waals surface area contributed by atoms with E-state index < -0.39 is 15.9 Å². The molecule has 1 heterocycles. The van der Waals surface area contributed by atoms with E-state index in [1.54, 1.807) is 13.0 Å². The average molecular weight is 297 g/mol. The zero-order chi connectivity index (χ0) is 14.9. The standard InChI is InChI=1S/C12H15N3O4S/c1-7-9-5-8(3-4-10(9)15-12(7)17)20(18,19)14-6-11(16)13-2/h3-5,7,14H,6H2,1-2H3,(H,13,16)(H,15,17)/t7-/m0/s1. The Balaban J connectivity index is 2.26. The lowest BCUT2D eigenvalue weighted by Crippen LogP contribution is -2.35. The summed E-state index contributed by atoms with van der Waals surface area (Å²) in [6, 6.07) is 4.39. The Morgan fingerprint density at radius 3 is 2.75 bits per heavy atom. The number of likely N-dealkylation sites (N-methyl/N-ethyl adjacent to an activating group) is 1. The van der Waals surface area contributed by atoms with Crippen LogP contribution in [0.15, 0.2) is 23.1 Å². The number of benzene rings is 1. The van der Waals surface area contributed by atoms with Crippen LogP contribution in [0.25, 0.3) is 0 Å². The molecule has 0 radical (unpaired) electrons. The molecule has 2 amide bonds. The largest absolute Gasteiger partial charge is 0.358 e. The van der Waals surface area contributed by atoms with E-state index in [1.807, 2.05) is 0 Å². The Bertz CT molecular complexity index is 669. The van der Waals surface area contributed by atoms with Crippen LogP contribution in [0.4, 0.5) is 5.69 Å². The molecule has 2 rings (SSSR count). The summed E-state index contributed by atoms with van der Waals surface area (Å²) in [6.07, 6.45) is 0. The van der Waals surface area contributed by atoms with Crippen LogP contribution in [0, 0.1) is 0 Å². The first-order chi connectivity index (χ1) is 9.35. The number of rotatable bonds is 4. The van der Waals surface area contributed by atoms with Crippen molar-refractivity contribution in [1.82, 2.24) is 10.0 Å². The van der Waals surface area contributed by atoms with E-state index in [4.69, 9.17) is 0 Å². The highest BCUT2D eigenvalue weighted by Gasteiger charge is 2.28. The van der Waals surface area contributed by atoms with Crippen LogP contribution in [0.2, 0.25) is 0 Å². The zero-order valence-corrected chi connectivity index (χ0v) is 11.9. The van der Waals surface area contributed by atoms with Crippen molar-refractivity contribution in [2.24, 2.45) is 0 Å². The summed E-state index contributed by atoms with van der Waals surface area (Å²) in [4.78, 5) is 22.6. The van der Waals surface area contributed by atoms with E-state index in [0.29, 0.717) is 11.3 Å². The topological polar surface area (TPSA) is 104 Å². The van der Waals surface area contributed by atoms with Crippen molar-refractivity contribution < 1.29 is 18.0 Å². The summed E-state index contributed by atoms with van der Waals surface area (Å²) >= 11 is 0. The van der Waals surface area contributed by atoms with Gasteiger partial charge in [0, 0.05) is 12.7 Å². The van der Waals surface area contributed by atoms with Gasteiger partial charge in [-0.15, -0.1) is 0 Å². The van der Waals surface area contributed by atoms with Gasteiger partial charge in [0.2, 0.25) is 21.8 Å². The quantitative estimate of drug-likeness (QED) is 0.713. The molecule has 7 nitrogen and oxygen atoms in total. The Morgan fingerprint density at radius 1 is 1.40 bits per heavy atom. The fourth-order valence-corrected chi connectivity index (χ4v) is 2.91. The SMILES string of the molecule is CNC(=O)CNS(=O)(=O)c1ccc2c(c1)[C@H](C)C(=O)N2. The fraction of sp³-hybridized carbons (Fsp3) is 0.333. The number of hydrogen-bond acceptors (Lipinski definition) is 4. The molecule has 3 N–H and O–H groups in total. The second kappa shape index (κ2) is 5.22. The first-order valence-corrected chi connectivity index (χ1v) is 7.48. The van der Waals surface area contributed by atoms with E-state index in [9.17, 15) is 18.0 Å². The number of carbonyl (C=O) groups is 2. The van der Waals surface area contributed by atoms with Gasteiger partial charge in [0.25, 0.3) is 0 Å². The molecule has 0 aliphatic carbocycles. The van der Waals surface area contributed by atoms with E-state index in [2.05, 4.69) is 15.4 Å². The summed E-state index contributed by atoms with van der Waals surface area (Å²) in [7, 11) is -2.36. The molecule has 1 aliphatic heterocycles. The highest BCUT2D eigenvalue weighted by atomic mass is 32.2. The Hall–Kier alpha value is -1.93. The van der Waals surface area contributed by atoms with E-state index in [-0.39, 0.29) is 23.3 Å². The number of amides is 2. The molecule has 0 bridgehead atoms. The molecule has 1 atom stereocenters. The predicted octanol–water partition coefficient (Wildman–Crippen LogP) is -0.233. The maximum absolute atomic E-state index is 12.0. The Kier molecular flexibility index (Phi) is 3.78. The molecule has 8 heteroatoms. The third-order valence-electron chi connectivity index (χ3n) is 3.15. The molecule has 1 aliphatic rings. The molecule has 0 aromatic heterocycles. The van der Waals surface area contributed by atoms with Crippen LogP contribution in [0.1, 0.15) is 18.4 Å². The molecule has 0 saturated carbocycles. The number of nitrogens with one attached hydrogen (secondary N) is 3. The smallest absolute Gasteiger partial charge is 0.241 e. The zero-order valence-electron chi connectivity index (χ0n) is 11.1. The van der Waals surface area contributed by atoms with Crippen LogP contribution in [-0.2, 0) is 19.6 Å². The van der Waals surface area contributed by atoms with Gasteiger partial charge in [-0.05, 0) is 30.7 Å². The lowest BCUT2D eigenvalue weighted by atomic mass is 10.0. The summed E-state index contributed by atoms with van der Waals surface area (Å²) in [5, 5.41) is 4.99. The van der Waals surface area contributed by atoms with Crippen molar-refractivity contribution in [2.75, 3.05) is 18.9 Å². The number of anilines is 1. The molecule has 0 spiro atoms. The number of sulfonamides is 1. The van der Waals surface area contributed by atoms with Gasteiger partial charge in [-0.25, -0.2) is 13.1 Å². The van der Waals surface area contributed by atoms with Crippen LogP contribution in [-0.4, -0.2) is 33.8 Å². The highest BCUT2D eigenvalue weighted by Crippen LogP contribution is 2.33. The normalized spacial score (nSPS) is 17.5. The average Bonchev–Trinajstić information content (AvgIpc) is 2.71. The molecular weight excluding hydrogens is 282 g/mol. The van der Waals surface area contributed by atoms with Gasteiger partial charge in [0.15, 0.2) is 0 Å². The minimum absolute atomic E-state index is 0.0310. The van der Waals surface area contributed by atoms with Gasteiger partial charge in [-0.1, -0.05) is 0 Å². The first kappa shape index (κ1) is 14.5. The summed E-state index contributed by atoms with van der Waals surface area (Å²) in [6.45, 7) is 1.37. The molecule has 0 unspecified atom stereocenters. The summed E-state index contributed by atoms with van der Waals surface area (Å²) < 4.78 is 26.3. The minimum Gasteiger partial charge on any atom is -0.358 e. The van der Waals surface area contributed by atoms with Gasteiger partial charge in [0.1, 0.15) is 0 Å². The monoisotopic (exact) mass is 297 g/mol. The van der Waals surface area contributed by atoms with Crippen LogP contribution in [0.5, 0.6) is 0 Å². The fourth-order valence-electron chi connectivity index (χ4n) is 1.89. The van der Waals surface area contributed by atoms with Crippen molar-refractivity contribution in [3.63, 3.8) is 0 Å². The predicted molar refractivity (Wildman–Crippen MR) is 72.7 cm³/mol. The van der Waals surface area contributed by atoms with Crippen LogP contribution < -0.4 is 15.4 Å². The van der Waals surface area contributed by atoms with Crippen molar-refractivity contribution >= 4 is 27.5 Å². The van der Waals surface area contributed by atoms with Gasteiger partial charge < -0.3 is 10.6 Å². The lowest BCUT2D eigenvalue weighted by Gasteiger charge is -2.08. The van der Waals surface area contributed by atoms with Gasteiger partial charge in [0.05, 0.1) is 17.4 Å². The molecule has 1 aromatic carbocycles. The first-order valence-electron chi connectivity index (χ1n) is 6.00. The molecule has 20 heavy (non-hydrogen) atoms. The van der Waals surface area contributed by atoms with E-state index in [0.717, 1.165) is 0 Å². The van der Waals surface area contributed by atoms with Crippen LogP contribution in [0.3, 0.4) is 0 Å². The summed E-state index contributed by atoms with van der Waals surface area (Å²) in [5.41, 5.74) is 1.26. The van der Waals surface area contributed by atoms with Crippen molar-refractivity contribution in [3.05, 3.63) is 23.8 Å². The number of fused-ring (bicyclic) bond motifs is 1. The van der Waals surface area contributed by atoms with Crippen molar-refractivity contribution in [3.8, 4) is 0 Å². The van der Waals surface area contributed by atoms with Crippen LogP contribution >= 0.6 is 0 Å². The molecule has 108 valence electrons.